The number of hydrogen-bond acceptors (Lipinski definition) is 3. The Bertz CT molecular complexity index is 835. The summed E-state index contributed by atoms with van der Waals surface area (Å²) in [6.45, 7) is 0. The lowest BCUT2D eigenvalue weighted by Crippen LogP contribution is -2.15. The summed E-state index contributed by atoms with van der Waals surface area (Å²) in [5.41, 5.74) is 5.06. The second-order valence-electron chi connectivity index (χ2n) is 6.16. The van der Waals surface area contributed by atoms with Crippen molar-refractivity contribution < 1.29 is 4.79 Å². The first-order chi connectivity index (χ1) is 10.8. The van der Waals surface area contributed by atoms with Crippen molar-refractivity contribution >= 4 is 28.9 Å². The number of rotatable bonds is 1. The summed E-state index contributed by atoms with van der Waals surface area (Å²) < 4.78 is 0. The van der Waals surface area contributed by atoms with E-state index in [-0.39, 0.29) is 11.0 Å². The Balaban J connectivity index is 1.73. The number of carbonyl (C=O) groups excluding carboxylic acids is 1. The maximum atomic E-state index is 13.0. The number of benzene rings is 2. The van der Waals surface area contributed by atoms with Crippen LogP contribution in [0.5, 0.6) is 0 Å². The molecular formula is C19H15NOS. The molecule has 1 fully saturated rings. The van der Waals surface area contributed by atoms with E-state index < -0.39 is 0 Å². The molecule has 1 N–H and O–H groups in total. The number of para-hydroxylation sites is 1. The lowest BCUT2D eigenvalue weighted by molar-refractivity contribution is 0.103. The van der Waals surface area contributed by atoms with Crippen molar-refractivity contribution in [1.29, 1.82) is 0 Å². The molecular weight excluding hydrogens is 290 g/mol. The van der Waals surface area contributed by atoms with Crippen molar-refractivity contribution in [1.82, 2.24) is 0 Å². The third-order valence-electron chi connectivity index (χ3n) is 4.69. The van der Waals surface area contributed by atoms with Gasteiger partial charge in [0.2, 0.25) is 0 Å². The molecule has 1 unspecified atom stereocenters. The average molecular weight is 305 g/mol. The van der Waals surface area contributed by atoms with Gasteiger partial charge in [0.1, 0.15) is 0 Å². The van der Waals surface area contributed by atoms with E-state index in [1.54, 1.807) is 0 Å². The zero-order valence-corrected chi connectivity index (χ0v) is 12.8. The monoisotopic (exact) mass is 305 g/mol. The molecule has 0 amide bonds. The number of anilines is 1. The van der Waals surface area contributed by atoms with Crippen LogP contribution in [0.2, 0.25) is 0 Å². The van der Waals surface area contributed by atoms with E-state index in [1.807, 2.05) is 36.0 Å². The maximum Gasteiger partial charge on any atom is 0.192 e. The van der Waals surface area contributed by atoms with Gasteiger partial charge in [-0.3, -0.25) is 4.79 Å². The van der Waals surface area contributed by atoms with Crippen molar-refractivity contribution in [3.63, 3.8) is 0 Å². The van der Waals surface area contributed by atoms with Gasteiger partial charge in [-0.15, -0.1) is 11.8 Å². The molecule has 0 saturated heterocycles. The van der Waals surface area contributed by atoms with E-state index in [0.29, 0.717) is 5.92 Å². The molecule has 5 rings (SSSR count). The molecule has 22 heavy (non-hydrogen) atoms. The summed E-state index contributed by atoms with van der Waals surface area (Å²) in [4.78, 5) is 14.2. The molecule has 3 heteroatoms. The van der Waals surface area contributed by atoms with Gasteiger partial charge in [-0.25, -0.2) is 0 Å². The van der Waals surface area contributed by atoms with Crippen LogP contribution in [0.25, 0.3) is 5.70 Å². The lowest BCUT2D eigenvalue weighted by atomic mass is 10.0. The summed E-state index contributed by atoms with van der Waals surface area (Å²) in [5, 5.41) is 3.84. The summed E-state index contributed by atoms with van der Waals surface area (Å²) >= 11 is 1.86. The van der Waals surface area contributed by atoms with Gasteiger partial charge in [0.05, 0.1) is 11.4 Å². The Morgan fingerprint density at radius 3 is 2.50 bits per heavy atom. The molecule has 3 aliphatic rings. The number of ketones is 1. The molecule has 2 aromatic rings. The van der Waals surface area contributed by atoms with E-state index in [2.05, 4.69) is 29.6 Å². The first-order valence-electron chi connectivity index (χ1n) is 7.74. The van der Waals surface area contributed by atoms with Crippen LogP contribution in [0.1, 0.15) is 28.8 Å². The van der Waals surface area contributed by atoms with E-state index in [0.717, 1.165) is 28.1 Å². The standard InChI is InChI=1S/C19H15NOS/c21-18-13-6-2-1-5-12(13)17-16(18)19(11-9-10-11)22-15-8-4-3-7-14(15)20-17/h1-8,11,19-20H,9-10H2. The lowest BCUT2D eigenvalue weighted by Gasteiger charge is -2.15. The van der Waals surface area contributed by atoms with Gasteiger partial charge in [0, 0.05) is 26.8 Å². The fraction of sp³-hybridized carbons (Fsp3) is 0.211. The molecule has 0 radical (unpaired) electrons. The minimum atomic E-state index is 0.218. The van der Waals surface area contributed by atoms with E-state index in [1.165, 1.54) is 17.7 Å². The van der Waals surface area contributed by atoms with E-state index in [4.69, 9.17) is 0 Å². The predicted octanol–water partition coefficient (Wildman–Crippen LogP) is 4.59. The number of carbonyl (C=O) groups is 1. The number of Topliss-reactive ketones (excluding diaryl/α,β-unsaturated/α-hetero) is 1. The van der Waals surface area contributed by atoms with Gasteiger partial charge in [0.25, 0.3) is 0 Å². The number of thioether (sulfide) groups is 1. The molecule has 1 aliphatic heterocycles. The third kappa shape index (κ3) is 1.72. The maximum absolute atomic E-state index is 13.0. The Hall–Kier alpha value is -2.00. The molecule has 2 aromatic carbocycles. The van der Waals surface area contributed by atoms with Gasteiger partial charge in [-0.05, 0) is 30.9 Å². The minimum absolute atomic E-state index is 0.218. The van der Waals surface area contributed by atoms with Crippen LogP contribution < -0.4 is 5.32 Å². The zero-order valence-electron chi connectivity index (χ0n) is 12.0. The third-order valence-corrected chi connectivity index (χ3v) is 6.17. The number of nitrogens with one attached hydrogen (secondary N) is 1. The summed E-state index contributed by atoms with van der Waals surface area (Å²) in [5.74, 6) is 0.858. The highest BCUT2D eigenvalue weighted by atomic mass is 32.2. The second kappa shape index (κ2) is 4.50. The van der Waals surface area contributed by atoms with Gasteiger partial charge < -0.3 is 5.32 Å². The van der Waals surface area contributed by atoms with Gasteiger partial charge in [-0.1, -0.05) is 36.4 Å². The minimum Gasteiger partial charge on any atom is -0.354 e. The fourth-order valence-corrected chi connectivity index (χ4v) is 4.93. The summed E-state index contributed by atoms with van der Waals surface area (Å²) in [6.07, 6.45) is 2.47. The van der Waals surface area contributed by atoms with Crippen LogP contribution in [0, 0.1) is 5.92 Å². The molecule has 108 valence electrons. The van der Waals surface area contributed by atoms with Crippen molar-refractivity contribution in [3.05, 3.63) is 65.2 Å². The van der Waals surface area contributed by atoms with Crippen molar-refractivity contribution in [2.45, 2.75) is 23.0 Å². The molecule has 0 spiro atoms. The van der Waals surface area contributed by atoms with Crippen LogP contribution in [0.4, 0.5) is 5.69 Å². The first kappa shape index (κ1) is 12.5. The Labute approximate surface area is 133 Å². The molecule has 1 heterocycles. The van der Waals surface area contributed by atoms with Crippen molar-refractivity contribution in [2.24, 2.45) is 5.92 Å². The molecule has 2 nitrogen and oxygen atoms in total. The predicted molar refractivity (Wildman–Crippen MR) is 90.1 cm³/mol. The smallest absolute Gasteiger partial charge is 0.192 e. The highest BCUT2D eigenvalue weighted by Gasteiger charge is 2.43. The Morgan fingerprint density at radius 1 is 0.955 bits per heavy atom. The van der Waals surface area contributed by atoms with Gasteiger partial charge in [-0.2, -0.15) is 0 Å². The van der Waals surface area contributed by atoms with E-state index >= 15 is 0 Å². The van der Waals surface area contributed by atoms with Crippen LogP contribution >= 0.6 is 11.8 Å². The fourth-order valence-electron chi connectivity index (χ4n) is 3.44. The number of hydrogen-bond donors (Lipinski definition) is 1. The quantitative estimate of drug-likeness (QED) is 0.835. The first-order valence-corrected chi connectivity index (χ1v) is 8.62. The van der Waals surface area contributed by atoms with Crippen LogP contribution in [-0.2, 0) is 0 Å². The van der Waals surface area contributed by atoms with Crippen molar-refractivity contribution in [2.75, 3.05) is 5.32 Å². The van der Waals surface area contributed by atoms with E-state index in [9.17, 15) is 4.79 Å². The van der Waals surface area contributed by atoms with Crippen LogP contribution in [-0.4, -0.2) is 11.0 Å². The SMILES string of the molecule is O=C1C2=C(Nc3ccccc3SC2C2CC2)c2ccccc21. The summed E-state index contributed by atoms with van der Waals surface area (Å²) in [7, 11) is 0. The number of fused-ring (bicyclic) bond motifs is 3. The van der Waals surface area contributed by atoms with Gasteiger partial charge >= 0.3 is 0 Å². The summed E-state index contributed by atoms with van der Waals surface area (Å²) in [6, 6.07) is 16.4. The molecule has 1 saturated carbocycles. The molecule has 0 bridgehead atoms. The Kier molecular flexibility index (Phi) is 2.56. The average Bonchev–Trinajstić information content (AvgIpc) is 3.36. The largest absolute Gasteiger partial charge is 0.354 e. The topological polar surface area (TPSA) is 29.1 Å². The highest BCUT2D eigenvalue weighted by molar-refractivity contribution is 8.00. The van der Waals surface area contributed by atoms with Crippen LogP contribution in [0.3, 0.4) is 0 Å². The zero-order chi connectivity index (χ0) is 14.7. The van der Waals surface area contributed by atoms with Crippen molar-refractivity contribution in [3.8, 4) is 0 Å². The molecule has 0 aromatic heterocycles. The molecule has 2 aliphatic carbocycles. The van der Waals surface area contributed by atoms with Gasteiger partial charge in [0.15, 0.2) is 5.78 Å². The second-order valence-corrected chi connectivity index (χ2v) is 7.34. The van der Waals surface area contributed by atoms with Crippen LogP contribution in [0.15, 0.2) is 59.0 Å². The highest BCUT2D eigenvalue weighted by Crippen LogP contribution is 2.52. The Morgan fingerprint density at radius 2 is 1.68 bits per heavy atom. The molecule has 1 atom stereocenters. The normalized spacial score (nSPS) is 22.5.